The summed E-state index contributed by atoms with van der Waals surface area (Å²) in [5, 5.41) is 9.50. The van der Waals surface area contributed by atoms with Crippen LogP contribution in [0.2, 0.25) is 0 Å². The summed E-state index contributed by atoms with van der Waals surface area (Å²) in [4.78, 5) is 26.7. The minimum absolute atomic E-state index is 0.272. The fraction of sp³-hybridized carbons (Fsp3) is 0.0455. The summed E-state index contributed by atoms with van der Waals surface area (Å²) in [5.41, 5.74) is 3.94. The van der Waals surface area contributed by atoms with Gasteiger partial charge in [-0.05, 0) is 42.0 Å². The van der Waals surface area contributed by atoms with E-state index in [9.17, 15) is 10.1 Å². The summed E-state index contributed by atoms with van der Waals surface area (Å²) >= 11 is 0. The molecule has 1 atom stereocenters. The first-order chi connectivity index (χ1) is 13.8. The molecular weight excluding hydrogens is 350 g/mol. The second-order valence-corrected chi connectivity index (χ2v) is 6.11. The van der Waals surface area contributed by atoms with Crippen LogP contribution in [0.5, 0.6) is 0 Å². The van der Waals surface area contributed by atoms with Gasteiger partial charge in [-0.25, -0.2) is 4.98 Å². The predicted octanol–water partition coefficient (Wildman–Crippen LogP) is 3.26. The number of rotatable bonds is 4. The van der Waals surface area contributed by atoms with Crippen LogP contribution >= 0.6 is 0 Å². The highest BCUT2D eigenvalue weighted by atomic mass is 16.1. The first kappa shape index (κ1) is 17.3. The smallest absolute Gasteiger partial charge is 0.148 e. The van der Waals surface area contributed by atoms with Crippen molar-refractivity contribution in [3.63, 3.8) is 0 Å². The average molecular weight is 365 g/mol. The van der Waals surface area contributed by atoms with Crippen LogP contribution in [0.15, 0.2) is 79.5 Å². The quantitative estimate of drug-likeness (QED) is 0.660. The second-order valence-electron chi connectivity index (χ2n) is 6.11. The van der Waals surface area contributed by atoms with Crippen LogP contribution in [0.1, 0.15) is 17.0 Å². The molecule has 4 heterocycles. The fourth-order valence-corrected chi connectivity index (χ4v) is 3.19. The molecule has 28 heavy (non-hydrogen) atoms. The Balaban J connectivity index is 1.93. The van der Waals surface area contributed by atoms with E-state index in [0.717, 1.165) is 23.2 Å². The fourth-order valence-electron chi connectivity index (χ4n) is 3.19. The van der Waals surface area contributed by atoms with Crippen LogP contribution in [0, 0.1) is 11.3 Å². The maximum Gasteiger partial charge on any atom is 0.148 e. The van der Waals surface area contributed by atoms with E-state index in [4.69, 9.17) is 0 Å². The molecule has 4 rings (SSSR count). The van der Waals surface area contributed by atoms with Crippen molar-refractivity contribution in [3.05, 3.63) is 96.5 Å². The molecule has 3 aromatic heterocycles. The number of anilines is 1. The third kappa shape index (κ3) is 3.17. The molecule has 6 heteroatoms. The molecule has 134 valence electrons. The van der Waals surface area contributed by atoms with E-state index in [1.807, 2.05) is 47.5 Å². The predicted molar refractivity (Wildman–Crippen MR) is 106 cm³/mol. The molecule has 0 fully saturated rings. The minimum atomic E-state index is -0.618. The third-order valence-corrected chi connectivity index (χ3v) is 4.47. The van der Waals surface area contributed by atoms with Crippen LogP contribution in [0.25, 0.3) is 11.1 Å². The SMILES string of the molecule is N#Cc1ncccc1C1=CC(c2ccccn2)=CN(c2cccnc2)C1C=O. The van der Waals surface area contributed by atoms with E-state index in [2.05, 4.69) is 21.0 Å². The van der Waals surface area contributed by atoms with Gasteiger partial charge in [-0.2, -0.15) is 5.26 Å². The standard InChI is InChI=1S/C22H15N5O/c23-12-21-18(6-4-10-26-21)19-11-16(20-7-1-2-9-25-20)14-27(22(19)15-28)17-5-3-8-24-13-17/h1-11,13-15,22H. The zero-order valence-electron chi connectivity index (χ0n) is 14.8. The molecule has 0 saturated heterocycles. The Morgan fingerprint density at radius 1 is 1.04 bits per heavy atom. The normalized spacial score (nSPS) is 16.0. The molecule has 1 aliphatic heterocycles. The van der Waals surface area contributed by atoms with Crippen molar-refractivity contribution < 1.29 is 4.79 Å². The van der Waals surface area contributed by atoms with Crippen molar-refractivity contribution in [1.82, 2.24) is 15.0 Å². The summed E-state index contributed by atoms with van der Waals surface area (Å²) < 4.78 is 0. The number of aldehydes is 1. The van der Waals surface area contributed by atoms with Crippen LogP contribution in [0.4, 0.5) is 5.69 Å². The van der Waals surface area contributed by atoms with Gasteiger partial charge in [0.05, 0.1) is 17.6 Å². The lowest BCUT2D eigenvalue weighted by atomic mass is 9.91. The lowest BCUT2D eigenvalue weighted by Gasteiger charge is -2.33. The van der Waals surface area contributed by atoms with Gasteiger partial charge in [-0.3, -0.25) is 9.97 Å². The summed E-state index contributed by atoms with van der Waals surface area (Å²) in [6.07, 6.45) is 11.3. The number of aromatic nitrogens is 3. The van der Waals surface area contributed by atoms with Crippen molar-refractivity contribution in [2.45, 2.75) is 6.04 Å². The van der Waals surface area contributed by atoms with Gasteiger partial charge < -0.3 is 9.69 Å². The highest BCUT2D eigenvalue weighted by molar-refractivity contribution is 5.98. The Kier molecular flexibility index (Phi) is 4.72. The van der Waals surface area contributed by atoms with Crippen molar-refractivity contribution in [2.75, 3.05) is 4.90 Å². The summed E-state index contributed by atoms with van der Waals surface area (Å²) in [6.45, 7) is 0. The van der Waals surface area contributed by atoms with Crippen molar-refractivity contribution >= 4 is 23.1 Å². The first-order valence-corrected chi connectivity index (χ1v) is 8.66. The van der Waals surface area contributed by atoms with Crippen LogP contribution in [0.3, 0.4) is 0 Å². The number of nitriles is 1. The minimum Gasteiger partial charge on any atom is -0.332 e. The third-order valence-electron chi connectivity index (χ3n) is 4.47. The van der Waals surface area contributed by atoms with E-state index in [-0.39, 0.29) is 5.69 Å². The summed E-state index contributed by atoms with van der Waals surface area (Å²) in [5.74, 6) is 0. The Hall–Kier alpha value is -4.11. The van der Waals surface area contributed by atoms with Gasteiger partial charge >= 0.3 is 0 Å². The Morgan fingerprint density at radius 2 is 1.89 bits per heavy atom. The maximum absolute atomic E-state index is 12.1. The number of hydrogen-bond acceptors (Lipinski definition) is 6. The van der Waals surface area contributed by atoms with E-state index in [1.54, 1.807) is 36.9 Å². The molecule has 0 N–H and O–H groups in total. The van der Waals surface area contributed by atoms with Gasteiger partial charge in [0.1, 0.15) is 24.1 Å². The molecule has 0 aliphatic carbocycles. The van der Waals surface area contributed by atoms with Gasteiger partial charge in [-0.15, -0.1) is 0 Å². The highest BCUT2D eigenvalue weighted by Crippen LogP contribution is 2.35. The first-order valence-electron chi connectivity index (χ1n) is 8.66. The van der Waals surface area contributed by atoms with Crippen molar-refractivity contribution in [3.8, 4) is 6.07 Å². The van der Waals surface area contributed by atoms with Gasteiger partial charge in [-0.1, -0.05) is 12.1 Å². The average Bonchev–Trinajstić information content (AvgIpc) is 2.79. The topological polar surface area (TPSA) is 82.8 Å². The molecule has 1 unspecified atom stereocenters. The molecule has 3 aromatic rings. The van der Waals surface area contributed by atoms with E-state index < -0.39 is 6.04 Å². The summed E-state index contributed by atoms with van der Waals surface area (Å²) in [6, 6.07) is 14.4. The number of pyridine rings is 3. The number of allylic oxidation sites excluding steroid dienone is 2. The van der Waals surface area contributed by atoms with Crippen molar-refractivity contribution in [2.24, 2.45) is 0 Å². The molecule has 0 aromatic carbocycles. The largest absolute Gasteiger partial charge is 0.332 e. The number of nitrogens with zero attached hydrogens (tertiary/aromatic N) is 5. The van der Waals surface area contributed by atoms with E-state index >= 15 is 0 Å². The van der Waals surface area contributed by atoms with Gasteiger partial charge in [0, 0.05) is 35.9 Å². The zero-order chi connectivity index (χ0) is 19.3. The van der Waals surface area contributed by atoms with E-state index in [1.165, 1.54) is 0 Å². The number of carbonyl (C=O) groups excluding carboxylic acids is 1. The van der Waals surface area contributed by atoms with Gasteiger partial charge in [0.25, 0.3) is 0 Å². The highest BCUT2D eigenvalue weighted by Gasteiger charge is 2.29. The molecule has 6 nitrogen and oxygen atoms in total. The van der Waals surface area contributed by atoms with E-state index in [0.29, 0.717) is 11.1 Å². The molecule has 0 radical (unpaired) electrons. The van der Waals surface area contributed by atoms with Gasteiger partial charge in [0.2, 0.25) is 0 Å². The Morgan fingerprint density at radius 3 is 2.61 bits per heavy atom. The second kappa shape index (κ2) is 7.64. The van der Waals surface area contributed by atoms with Crippen molar-refractivity contribution in [1.29, 1.82) is 5.26 Å². The molecule has 0 spiro atoms. The van der Waals surface area contributed by atoms with Gasteiger partial charge in [0.15, 0.2) is 0 Å². The lowest BCUT2D eigenvalue weighted by Crippen LogP contribution is -2.36. The Labute approximate surface area is 162 Å². The zero-order valence-corrected chi connectivity index (χ0v) is 14.8. The summed E-state index contributed by atoms with van der Waals surface area (Å²) in [7, 11) is 0. The maximum atomic E-state index is 12.1. The molecule has 0 saturated carbocycles. The molecule has 1 aliphatic rings. The van der Waals surface area contributed by atoms with Crippen LogP contribution < -0.4 is 4.90 Å². The Bertz CT molecular complexity index is 1100. The monoisotopic (exact) mass is 365 g/mol. The molecule has 0 amide bonds. The molecule has 0 bridgehead atoms. The molecular formula is C22H15N5O. The van der Waals surface area contributed by atoms with Crippen LogP contribution in [-0.4, -0.2) is 27.3 Å². The lowest BCUT2D eigenvalue weighted by molar-refractivity contribution is -0.107. The number of carbonyl (C=O) groups is 1. The van der Waals surface area contributed by atoms with Crippen LogP contribution in [-0.2, 0) is 4.79 Å². The number of hydrogen-bond donors (Lipinski definition) is 0.